The zero-order valence-electron chi connectivity index (χ0n) is 12.1. The van der Waals surface area contributed by atoms with Gasteiger partial charge in [0, 0.05) is 12.5 Å². The zero-order valence-corrected chi connectivity index (χ0v) is 12.9. The molecule has 0 aliphatic rings. The molecule has 0 amide bonds. The molecular weight excluding hydrogens is 284 g/mol. The second kappa shape index (κ2) is 9.43. The summed E-state index contributed by atoms with van der Waals surface area (Å²) in [7, 11) is 0. The van der Waals surface area contributed by atoms with Crippen molar-refractivity contribution in [2.45, 2.75) is 19.4 Å². The molecule has 0 saturated heterocycles. The fourth-order valence-electron chi connectivity index (χ4n) is 1.94. The van der Waals surface area contributed by atoms with E-state index in [2.05, 4.69) is 24.3 Å². The summed E-state index contributed by atoms with van der Waals surface area (Å²) in [6.07, 6.45) is 1.83. The van der Waals surface area contributed by atoms with Gasteiger partial charge in [-0.15, -0.1) is 11.6 Å². The summed E-state index contributed by atoms with van der Waals surface area (Å²) in [5, 5.41) is 0. The highest BCUT2D eigenvalue weighted by atomic mass is 35.5. The van der Waals surface area contributed by atoms with Crippen molar-refractivity contribution in [2.75, 3.05) is 19.1 Å². The lowest BCUT2D eigenvalue weighted by Crippen LogP contribution is -2.01. The molecule has 0 fully saturated rings. The Morgan fingerprint density at radius 1 is 0.810 bits per heavy atom. The number of hydrogen-bond donors (Lipinski definition) is 0. The maximum atomic E-state index is 5.76. The smallest absolute Gasteiger partial charge is 0.119 e. The molecule has 2 aromatic carbocycles. The third kappa shape index (κ3) is 6.19. The molecular formula is C18H21ClO2. The van der Waals surface area contributed by atoms with Crippen LogP contribution in [0.3, 0.4) is 0 Å². The molecule has 2 aromatic rings. The van der Waals surface area contributed by atoms with Gasteiger partial charge in [-0.3, -0.25) is 0 Å². The summed E-state index contributed by atoms with van der Waals surface area (Å²) in [5.41, 5.74) is 2.43. The van der Waals surface area contributed by atoms with Crippen LogP contribution in [-0.4, -0.2) is 19.1 Å². The van der Waals surface area contributed by atoms with Crippen molar-refractivity contribution < 1.29 is 9.47 Å². The summed E-state index contributed by atoms with van der Waals surface area (Å²) < 4.78 is 11.3. The lowest BCUT2D eigenvalue weighted by atomic mass is 10.1. The van der Waals surface area contributed by atoms with Crippen LogP contribution >= 0.6 is 11.6 Å². The summed E-state index contributed by atoms with van der Waals surface area (Å²) in [4.78, 5) is 0. The first-order chi connectivity index (χ1) is 10.4. The van der Waals surface area contributed by atoms with Crippen LogP contribution < -0.4 is 4.74 Å². The van der Waals surface area contributed by atoms with E-state index < -0.39 is 0 Å². The van der Waals surface area contributed by atoms with Crippen LogP contribution in [0.4, 0.5) is 0 Å². The predicted octanol–water partition coefficient (Wildman–Crippen LogP) is 4.45. The fraction of sp³-hybridized carbons (Fsp3) is 0.333. The molecule has 0 saturated carbocycles. The highest BCUT2D eigenvalue weighted by Gasteiger charge is 1.98. The Morgan fingerprint density at radius 3 is 2.29 bits per heavy atom. The maximum absolute atomic E-state index is 5.76. The van der Waals surface area contributed by atoms with Crippen molar-refractivity contribution in [1.29, 1.82) is 0 Å². The van der Waals surface area contributed by atoms with E-state index in [4.69, 9.17) is 21.1 Å². The van der Waals surface area contributed by atoms with Crippen LogP contribution in [-0.2, 0) is 17.8 Å². The second-order valence-electron chi connectivity index (χ2n) is 4.82. The van der Waals surface area contributed by atoms with Gasteiger partial charge < -0.3 is 9.47 Å². The second-order valence-corrected chi connectivity index (χ2v) is 5.20. The normalized spacial score (nSPS) is 10.5. The Morgan fingerprint density at radius 2 is 1.57 bits per heavy atom. The van der Waals surface area contributed by atoms with Crippen molar-refractivity contribution in [3.8, 4) is 5.75 Å². The molecule has 112 valence electrons. The minimum atomic E-state index is 0.599. The first-order valence-corrected chi connectivity index (χ1v) is 7.81. The topological polar surface area (TPSA) is 18.5 Å². The number of alkyl halides is 1. The molecule has 2 nitrogen and oxygen atoms in total. The Bertz CT molecular complexity index is 496. The minimum absolute atomic E-state index is 0.599. The summed E-state index contributed by atoms with van der Waals surface area (Å²) in [5.74, 6) is 1.55. The first kappa shape index (κ1) is 15.9. The molecule has 0 aliphatic carbocycles. The minimum Gasteiger partial charge on any atom is -0.489 e. The van der Waals surface area contributed by atoms with Gasteiger partial charge in [-0.25, -0.2) is 0 Å². The van der Waals surface area contributed by atoms with Gasteiger partial charge in [-0.2, -0.15) is 0 Å². The van der Waals surface area contributed by atoms with Crippen molar-refractivity contribution >= 4 is 11.6 Å². The number of rotatable bonds is 9. The summed E-state index contributed by atoms with van der Waals surface area (Å²) >= 11 is 5.59. The van der Waals surface area contributed by atoms with Crippen molar-refractivity contribution in [3.05, 3.63) is 65.7 Å². The van der Waals surface area contributed by atoms with Gasteiger partial charge in [-0.05, 0) is 36.1 Å². The molecule has 21 heavy (non-hydrogen) atoms. The van der Waals surface area contributed by atoms with E-state index in [-0.39, 0.29) is 0 Å². The largest absolute Gasteiger partial charge is 0.489 e. The number of hydrogen-bond acceptors (Lipinski definition) is 2. The van der Waals surface area contributed by atoms with E-state index in [9.17, 15) is 0 Å². The number of ether oxygens (including phenoxy) is 2. The molecule has 0 heterocycles. The molecule has 0 bridgehead atoms. The van der Waals surface area contributed by atoms with Crippen molar-refractivity contribution in [3.63, 3.8) is 0 Å². The lowest BCUT2D eigenvalue weighted by molar-refractivity contribution is 0.138. The van der Waals surface area contributed by atoms with Gasteiger partial charge in [0.05, 0.1) is 6.61 Å². The average Bonchev–Trinajstić information content (AvgIpc) is 2.55. The van der Waals surface area contributed by atoms with Gasteiger partial charge in [0.25, 0.3) is 0 Å². The third-order valence-electron chi connectivity index (χ3n) is 3.13. The van der Waals surface area contributed by atoms with Crippen molar-refractivity contribution in [2.24, 2.45) is 0 Å². The van der Waals surface area contributed by atoms with E-state index in [1.54, 1.807) is 0 Å². The number of benzene rings is 2. The van der Waals surface area contributed by atoms with Crippen LogP contribution in [0, 0.1) is 0 Å². The van der Waals surface area contributed by atoms with E-state index >= 15 is 0 Å². The molecule has 0 spiro atoms. The molecule has 3 heteroatoms. The van der Waals surface area contributed by atoms with Gasteiger partial charge in [-0.1, -0.05) is 42.5 Å². The van der Waals surface area contributed by atoms with E-state index in [1.807, 2.05) is 30.3 Å². The molecule has 0 N–H and O–H groups in total. The first-order valence-electron chi connectivity index (χ1n) is 7.28. The van der Waals surface area contributed by atoms with Gasteiger partial charge in [0.15, 0.2) is 0 Å². The van der Waals surface area contributed by atoms with Crippen molar-refractivity contribution in [1.82, 2.24) is 0 Å². The van der Waals surface area contributed by atoms with E-state index in [1.165, 1.54) is 11.1 Å². The van der Waals surface area contributed by atoms with Gasteiger partial charge >= 0.3 is 0 Å². The fourth-order valence-corrected chi connectivity index (χ4v) is 2.05. The number of halogens is 1. The molecule has 0 radical (unpaired) electrons. The van der Waals surface area contributed by atoms with Gasteiger partial charge in [0.2, 0.25) is 0 Å². The third-order valence-corrected chi connectivity index (χ3v) is 3.40. The average molecular weight is 305 g/mol. The predicted molar refractivity (Wildman–Crippen MR) is 87.1 cm³/mol. The highest BCUT2D eigenvalue weighted by Crippen LogP contribution is 2.14. The van der Waals surface area contributed by atoms with E-state index in [0.29, 0.717) is 12.5 Å². The Kier molecular flexibility index (Phi) is 7.13. The van der Waals surface area contributed by atoms with Crippen LogP contribution in [0.1, 0.15) is 17.5 Å². The Balaban J connectivity index is 1.71. The van der Waals surface area contributed by atoms with E-state index in [0.717, 1.165) is 31.8 Å². The summed E-state index contributed by atoms with van der Waals surface area (Å²) in [6, 6.07) is 18.4. The quantitative estimate of drug-likeness (QED) is 0.503. The molecule has 0 aromatic heterocycles. The highest BCUT2D eigenvalue weighted by molar-refractivity contribution is 6.17. The summed E-state index contributed by atoms with van der Waals surface area (Å²) in [6.45, 7) is 2.07. The molecule has 0 aliphatic heterocycles. The monoisotopic (exact) mass is 304 g/mol. The molecule has 0 atom stereocenters. The SMILES string of the molecule is ClCCCOCCc1ccc(OCc2ccccc2)cc1. The van der Waals surface area contributed by atoms with Crippen LogP contribution in [0.15, 0.2) is 54.6 Å². The zero-order chi connectivity index (χ0) is 14.8. The van der Waals surface area contributed by atoms with Crippen LogP contribution in [0.2, 0.25) is 0 Å². The Labute approximate surface area is 131 Å². The standard InChI is InChI=1S/C18H21ClO2/c19-12-4-13-20-14-11-16-7-9-18(10-8-16)21-15-17-5-2-1-3-6-17/h1-3,5-10H,4,11-15H2. The molecule has 2 rings (SSSR count). The van der Waals surface area contributed by atoms with Gasteiger partial charge in [0.1, 0.15) is 12.4 Å². The molecule has 0 unspecified atom stereocenters. The lowest BCUT2D eigenvalue weighted by Gasteiger charge is -2.08. The Hall–Kier alpha value is -1.51. The van der Waals surface area contributed by atoms with Crippen LogP contribution in [0.5, 0.6) is 5.75 Å². The maximum Gasteiger partial charge on any atom is 0.119 e. The van der Waals surface area contributed by atoms with Crippen LogP contribution in [0.25, 0.3) is 0 Å².